The van der Waals surface area contributed by atoms with Gasteiger partial charge >= 0.3 is 0 Å². The second-order valence-electron chi connectivity index (χ2n) is 5.15. The first kappa shape index (κ1) is 14.1. The Morgan fingerprint density at radius 3 is 2.81 bits per heavy atom. The number of nitrogens with two attached hydrogens (primary N) is 1. The third-order valence-electron chi connectivity index (χ3n) is 3.74. The van der Waals surface area contributed by atoms with Crippen molar-refractivity contribution in [1.29, 1.82) is 0 Å². The van der Waals surface area contributed by atoms with Crippen molar-refractivity contribution >= 4 is 27.7 Å². The van der Waals surface area contributed by atoms with Crippen LogP contribution in [-0.2, 0) is 6.42 Å². The number of hydrogen-bond donors (Lipinski definition) is 1. The number of nitrogen functional groups attached to an aromatic ring is 1. The van der Waals surface area contributed by atoms with Gasteiger partial charge in [-0.3, -0.25) is 4.79 Å². The quantitative estimate of drug-likeness (QED) is 0.858. The maximum absolute atomic E-state index is 14.1. The van der Waals surface area contributed by atoms with Gasteiger partial charge in [0.15, 0.2) is 5.78 Å². The van der Waals surface area contributed by atoms with Crippen LogP contribution in [0.4, 0.5) is 10.3 Å². The summed E-state index contributed by atoms with van der Waals surface area (Å²) in [5.41, 5.74) is 7.91. The van der Waals surface area contributed by atoms with Gasteiger partial charge < -0.3 is 5.73 Å². The van der Waals surface area contributed by atoms with Crippen LogP contribution in [0.15, 0.2) is 22.7 Å². The molecule has 1 aromatic carbocycles. The standard InChI is InChI=1S/C15H13BrFN3O/c1-7-13-11(20-15(18)19-7)5-8(6-12(13)21)14-9(16)3-2-4-10(14)17/h2-4,8H,5-6H2,1H3,(H2,18,19,20). The van der Waals surface area contributed by atoms with Crippen molar-refractivity contribution < 1.29 is 9.18 Å². The lowest BCUT2D eigenvalue weighted by molar-refractivity contribution is 0.0961. The number of halogens is 2. The number of benzene rings is 1. The molecule has 2 aromatic rings. The van der Waals surface area contributed by atoms with E-state index in [9.17, 15) is 9.18 Å². The predicted molar refractivity (Wildman–Crippen MR) is 80.7 cm³/mol. The summed E-state index contributed by atoms with van der Waals surface area (Å²) < 4.78 is 14.8. The first-order chi connectivity index (χ1) is 9.97. The number of carbonyl (C=O) groups is 1. The van der Waals surface area contributed by atoms with Crippen LogP contribution in [0.2, 0.25) is 0 Å². The lowest BCUT2D eigenvalue weighted by Gasteiger charge is -2.25. The summed E-state index contributed by atoms with van der Waals surface area (Å²) in [4.78, 5) is 20.6. The fourth-order valence-electron chi connectivity index (χ4n) is 2.90. The Morgan fingerprint density at radius 1 is 1.33 bits per heavy atom. The molecule has 2 N–H and O–H groups in total. The van der Waals surface area contributed by atoms with Gasteiger partial charge in [-0.1, -0.05) is 22.0 Å². The van der Waals surface area contributed by atoms with Crippen molar-refractivity contribution in [2.45, 2.75) is 25.7 Å². The van der Waals surface area contributed by atoms with Gasteiger partial charge in [0.1, 0.15) is 5.82 Å². The van der Waals surface area contributed by atoms with E-state index in [1.807, 2.05) is 0 Å². The maximum atomic E-state index is 14.1. The highest BCUT2D eigenvalue weighted by molar-refractivity contribution is 9.10. The van der Waals surface area contributed by atoms with E-state index in [-0.39, 0.29) is 29.9 Å². The van der Waals surface area contributed by atoms with Gasteiger partial charge in [-0.05, 0) is 25.5 Å². The molecule has 1 heterocycles. The van der Waals surface area contributed by atoms with E-state index in [0.717, 1.165) is 0 Å². The molecule has 0 radical (unpaired) electrons. The molecule has 1 unspecified atom stereocenters. The smallest absolute Gasteiger partial charge is 0.220 e. The van der Waals surface area contributed by atoms with Crippen LogP contribution in [0.3, 0.4) is 0 Å². The monoisotopic (exact) mass is 349 g/mol. The van der Waals surface area contributed by atoms with Crippen molar-refractivity contribution in [1.82, 2.24) is 9.97 Å². The maximum Gasteiger partial charge on any atom is 0.220 e. The second-order valence-corrected chi connectivity index (χ2v) is 6.01. The van der Waals surface area contributed by atoms with Gasteiger partial charge in [-0.15, -0.1) is 0 Å². The molecular weight excluding hydrogens is 337 g/mol. The summed E-state index contributed by atoms with van der Waals surface area (Å²) in [5.74, 6) is -0.472. The largest absolute Gasteiger partial charge is 0.368 e. The Labute approximate surface area is 129 Å². The van der Waals surface area contributed by atoms with Crippen LogP contribution in [-0.4, -0.2) is 15.8 Å². The lowest BCUT2D eigenvalue weighted by atomic mass is 9.81. The summed E-state index contributed by atoms with van der Waals surface area (Å²) in [6.07, 6.45) is 0.731. The number of nitrogens with zero attached hydrogens (tertiary/aromatic N) is 2. The molecule has 0 saturated carbocycles. The summed E-state index contributed by atoms with van der Waals surface area (Å²) >= 11 is 3.36. The van der Waals surface area contributed by atoms with Crippen LogP contribution < -0.4 is 5.73 Å². The average Bonchev–Trinajstić information content (AvgIpc) is 2.36. The Kier molecular flexibility index (Phi) is 3.49. The van der Waals surface area contributed by atoms with Crippen LogP contribution in [0.25, 0.3) is 0 Å². The van der Waals surface area contributed by atoms with E-state index < -0.39 is 0 Å². The van der Waals surface area contributed by atoms with E-state index in [4.69, 9.17) is 5.73 Å². The van der Waals surface area contributed by atoms with Crippen molar-refractivity contribution in [3.63, 3.8) is 0 Å². The Balaban J connectivity index is 2.08. The van der Waals surface area contributed by atoms with Crippen molar-refractivity contribution in [2.24, 2.45) is 0 Å². The molecule has 0 fully saturated rings. The van der Waals surface area contributed by atoms with Gasteiger partial charge in [0.05, 0.1) is 17.0 Å². The van der Waals surface area contributed by atoms with Crippen LogP contribution >= 0.6 is 15.9 Å². The number of Topliss-reactive ketones (excluding diaryl/α,β-unsaturated/α-hetero) is 1. The molecule has 1 aliphatic carbocycles. The van der Waals surface area contributed by atoms with Crippen LogP contribution in [0, 0.1) is 12.7 Å². The summed E-state index contributed by atoms with van der Waals surface area (Å²) in [5, 5.41) is 0. The second kappa shape index (κ2) is 5.18. The lowest BCUT2D eigenvalue weighted by Crippen LogP contribution is -2.23. The summed E-state index contributed by atoms with van der Waals surface area (Å²) in [6, 6.07) is 4.81. The zero-order valence-electron chi connectivity index (χ0n) is 11.4. The average molecular weight is 350 g/mol. The number of aromatic nitrogens is 2. The molecule has 3 rings (SSSR count). The molecule has 0 spiro atoms. The topological polar surface area (TPSA) is 68.9 Å². The molecule has 1 aliphatic rings. The SMILES string of the molecule is Cc1nc(N)nc2c1C(=O)CC(c1c(F)cccc1Br)C2. The number of aryl methyl sites for hydroxylation is 1. The summed E-state index contributed by atoms with van der Waals surface area (Å²) in [7, 11) is 0. The fraction of sp³-hybridized carbons (Fsp3) is 0.267. The Morgan fingerprint density at radius 2 is 2.10 bits per heavy atom. The minimum Gasteiger partial charge on any atom is -0.368 e. The number of hydrogen-bond acceptors (Lipinski definition) is 4. The molecular formula is C15H13BrFN3O. The van der Waals surface area contributed by atoms with Gasteiger partial charge in [-0.25, -0.2) is 14.4 Å². The highest BCUT2D eigenvalue weighted by Gasteiger charge is 2.31. The Bertz CT molecular complexity index is 728. The van der Waals surface area contributed by atoms with E-state index in [2.05, 4.69) is 25.9 Å². The molecule has 21 heavy (non-hydrogen) atoms. The molecule has 0 amide bonds. The van der Waals surface area contributed by atoms with Gasteiger partial charge in [-0.2, -0.15) is 0 Å². The number of rotatable bonds is 1. The first-order valence-electron chi connectivity index (χ1n) is 6.57. The molecule has 1 atom stereocenters. The van der Waals surface area contributed by atoms with E-state index in [1.54, 1.807) is 19.1 Å². The van der Waals surface area contributed by atoms with Gasteiger partial charge in [0.2, 0.25) is 5.95 Å². The zero-order valence-corrected chi connectivity index (χ0v) is 12.9. The normalized spacial score (nSPS) is 17.7. The number of ketones is 1. The molecule has 0 saturated heterocycles. The number of fused-ring (bicyclic) bond motifs is 1. The van der Waals surface area contributed by atoms with E-state index in [0.29, 0.717) is 33.4 Å². The number of carbonyl (C=O) groups excluding carboxylic acids is 1. The van der Waals surface area contributed by atoms with Gasteiger partial charge in [0, 0.05) is 22.4 Å². The number of anilines is 1. The molecule has 0 aliphatic heterocycles. The zero-order chi connectivity index (χ0) is 15.1. The highest BCUT2D eigenvalue weighted by Crippen LogP contribution is 2.37. The van der Waals surface area contributed by atoms with E-state index >= 15 is 0 Å². The summed E-state index contributed by atoms with van der Waals surface area (Å²) in [6.45, 7) is 1.74. The highest BCUT2D eigenvalue weighted by atomic mass is 79.9. The Hall–Kier alpha value is -1.82. The van der Waals surface area contributed by atoms with Gasteiger partial charge in [0.25, 0.3) is 0 Å². The molecule has 108 valence electrons. The van der Waals surface area contributed by atoms with Crippen LogP contribution in [0.1, 0.15) is 39.6 Å². The first-order valence-corrected chi connectivity index (χ1v) is 7.36. The molecule has 0 bridgehead atoms. The molecule has 1 aromatic heterocycles. The van der Waals surface area contributed by atoms with Crippen LogP contribution in [0.5, 0.6) is 0 Å². The third kappa shape index (κ3) is 2.44. The third-order valence-corrected chi connectivity index (χ3v) is 4.43. The minimum absolute atomic E-state index is 0.0612. The van der Waals surface area contributed by atoms with Crippen molar-refractivity contribution in [3.05, 3.63) is 51.0 Å². The van der Waals surface area contributed by atoms with E-state index in [1.165, 1.54) is 6.07 Å². The molecule has 4 nitrogen and oxygen atoms in total. The predicted octanol–water partition coefficient (Wildman–Crippen LogP) is 3.18. The van der Waals surface area contributed by atoms with Crippen molar-refractivity contribution in [2.75, 3.05) is 5.73 Å². The minimum atomic E-state index is -0.315. The van der Waals surface area contributed by atoms with Crippen molar-refractivity contribution in [3.8, 4) is 0 Å². The molecule has 6 heteroatoms. The fourth-order valence-corrected chi connectivity index (χ4v) is 3.57.